The fraction of sp³-hybridized carbons (Fsp3) is 0.400. The molecule has 1 aromatic rings. The van der Waals surface area contributed by atoms with E-state index in [0.717, 1.165) is 24.2 Å². The summed E-state index contributed by atoms with van der Waals surface area (Å²) in [7, 11) is 2.01. The minimum atomic E-state index is 0.0286. The summed E-state index contributed by atoms with van der Waals surface area (Å²) in [5, 5.41) is 9.61. The Morgan fingerprint density at radius 2 is 2.31 bits per heavy atom. The van der Waals surface area contributed by atoms with E-state index in [-0.39, 0.29) is 6.04 Å². The standard InChI is InChI=1S/C10H14N2O/c1-12-5-8-7(9(11)6-12)3-2-4-10(8)13/h2-4,9,13H,5-6,11H2,1H3. The van der Waals surface area contributed by atoms with Crippen LogP contribution in [0.4, 0.5) is 0 Å². The molecule has 0 radical (unpaired) electrons. The molecule has 1 aromatic carbocycles. The molecule has 3 N–H and O–H groups in total. The second-order valence-electron chi connectivity index (χ2n) is 3.65. The molecule has 0 saturated heterocycles. The smallest absolute Gasteiger partial charge is 0.120 e. The third kappa shape index (κ3) is 1.41. The van der Waals surface area contributed by atoms with Crippen molar-refractivity contribution in [2.24, 2.45) is 5.73 Å². The molecule has 1 atom stereocenters. The number of rotatable bonds is 0. The van der Waals surface area contributed by atoms with Crippen LogP contribution in [-0.4, -0.2) is 23.6 Å². The first-order chi connectivity index (χ1) is 6.18. The highest BCUT2D eigenvalue weighted by atomic mass is 16.3. The molecule has 1 aliphatic heterocycles. The van der Waals surface area contributed by atoms with Gasteiger partial charge in [-0.15, -0.1) is 0 Å². The lowest BCUT2D eigenvalue weighted by Crippen LogP contribution is -2.34. The van der Waals surface area contributed by atoms with Crippen molar-refractivity contribution in [3.05, 3.63) is 29.3 Å². The van der Waals surface area contributed by atoms with Gasteiger partial charge in [0.2, 0.25) is 0 Å². The summed E-state index contributed by atoms with van der Waals surface area (Å²) in [6, 6.07) is 5.58. The monoisotopic (exact) mass is 178 g/mol. The number of phenolic OH excluding ortho intramolecular Hbond substituents is 1. The summed E-state index contributed by atoms with van der Waals surface area (Å²) in [5.41, 5.74) is 8.01. The predicted octanol–water partition coefficient (Wildman–Crippen LogP) is 0.837. The Hall–Kier alpha value is -1.06. The SMILES string of the molecule is CN1Cc2c(O)cccc2C(N)C1. The summed E-state index contributed by atoms with van der Waals surface area (Å²) in [6.45, 7) is 1.64. The summed E-state index contributed by atoms with van der Waals surface area (Å²) in [6.07, 6.45) is 0. The van der Waals surface area contributed by atoms with Crippen LogP contribution < -0.4 is 5.73 Å². The fourth-order valence-electron chi connectivity index (χ4n) is 1.88. The van der Waals surface area contributed by atoms with Crippen molar-refractivity contribution >= 4 is 0 Å². The Morgan fingerprint density at radius 1 is 1.54 bits per heavy atom. The van der Waals surface area contributed by atoms with Gasteiger partial charge in [0.15, 0.2) is 0 Å². The van der Waals surface area contributed by atoms with E-state index in [2.05, 4.69) is 4.90 Å². The molecular weight excluding hydrogens is 164 g/mol. The van der Waals surface area contributed by atoms with Crippen LogP contribution in [0.15, 0.2) is 18.2 Å². The van der Waals surface area contributed by atoms with E-state index < -0.39 is 0 Å². The molecule has 0 amide bonds. The third-order valence-electron chi connectivity index (χ3n) is 2.52. The van der Waals surface area contributed by atoms with Gasteiger partial charge in [0.05, 0.1) is 0 Å². The van der Waals surface area contributed by atoms with Gasteiger partial charge in [-0.1, -0.05) is 12.1 Å². The third-order valence-corrected chi connectivity index (χ3v) is 2.52. The molecule has 0 fully saturated rings. The first kappa shape index (κ1) is 8.53. The summed E-state index contributed by atoms with van der Waals surface area (Å²) < 4.78 is 0. The van der Waals surface area contributed by atoms with Crippen molar-refractivity contribution < 1.29 is 5.11 Å². The number of likely N-dealkylation sites (N-methyl/N-ethyl adjacent to an activating group) is 1. The minimum absolute atomic E-state index is 0.0286. The fourth-order valence-corrected chi connectivity index (χ4v) is 1.88. The highest BCUT2D eigenvalue weighted by molar-refractivity contribution is 5.42. The van der Waals surface area contributed by atoms with Gasteiger partial charge in [0, 0.05) is 24.7 Å². The second-order valence-corrected chi connectivity index (χ2v) is 3.65. The van der Waals surface area contributed by atoms with E-state index in [4.69, 9.17) is 5.73 Å². The molecule has 1 aliphatic rings. The van der Waals surface area contributed by atoms with Crippen molar-refractivity contribution in [3.8, 4) is 5.75 Å². The average molecular weight is 178 g/mol. The molecule has 3 nitrogen and oxygen atoms in total. The van der Waals surface area contributed by atoms with Crippen LogP contribution in [0.5, 0.6) is 5.75 Å². The quantitative estimate of drug-likeness (QED) is 0.619. The zero-order chi connectivity index (χ0) is 9.42. The molecule has 1 heterocycles. The molecule has 3 heteroatoms. The maximum atomic E-state index is 9.61. The van der Waals surface area contributed by atoms with Crippen LogP contribution in [0.1, 0.15) is 17.2 Å². The Bertz CT molecular complexity index is 325. The second kappa shape index (κ2) is 3.01. The van der Waals surface area contributed by atoms with Gasteiger partial charge in [0.25, 0.3) is 0 Å². The predicted molar refractivity (Wildman–Crippen MR) is 51.4 cm³/mol. The number of nitrogens with zero attached hydrogens (tertiary/aromatic N) is 1. The van der Waals surface area contributed by atoms with Crippen LogP contribution >= 0.6 is 0 Å². The molecule has 13 heavy (non-hydrogen) atoms. The Labute approximate surface area is 77.8 Å². The number of fused-ring (bicyclic) bond motifs is 1. The maximum absolute atomic E-state index is 9.61. The highest BCUT2D eigenvalue weighted by Gasteiger charge is 2.21. The highest BCUT2D eigenvalue weighted by Crippen LogP contribution is 2.30. The van der Waals surface area contributed by atoms with Crippen LogP contribution in [0.3, 0.4) is 0 Å². The van der Waals surface area contributed by atoms with Crippen LogP contribution in [-0.2, 0) is 6.54 Å². The summed E-state index contributed by atoms with van der Waals surface area (Å²) in [4.78, 5) is 2.12. The summed E-state index contributed by atoms with van der Waals surface area (Å²) in [5.74, 6) is 0.361. The molecule has 0 spiro atoms. The van der Waals surface area contributed by atoms with Crippen LogP contribution in [0.25, 0.3) is 0 Å². The normalized spacial score (nSPS) is 22.8. The topological polar surface area (TPSA) is 49.5 Å². The summed E-state index contributed by atoms with van der Waals surface area (Å²) >= 11 is 0. The van der Waals surface area contributed by atoms with Gasteiger partial charge in [-0.25, -0.2) is 0 Å². The van der Waals surface area contributed by atoms with Gasteiger partial charge < -0.3 is 15.7 Å². The van der Waals surface area contributed by atoms with E-state index in [9.17, 15) is 5.11 Å². The van der Waals surface area contributed by atoms with Gasteiger partial charge in [-0.2, -0.15) is 0 Å². The zero-order valence-electron chi connectivity index (χ0n) is 7.70. The largest absolute Gasteiger partial charge is 0.508 e. The van der Waals surface area contributed by atoms with E-state index >= 15 is 0 Å². The molecule has 0 aromatic heterocycles. The maximum Gasteiger partial charge on any atom is 0.120 e. The molecule has 2 rings (SSSR count). The Morgan fingerprint density at radius 3 is 3.08 bits per heavy atom. The van der Waals surface area contributed by atoms with E-state index in [1.54, 1.807) is 6.07 Å². The number of aromatic hydroxyl groups is 1. The van der Waals surface area contributed by atoms with Crippen molar-refractivity contribution in [3.63, 3.8) is 0 Å². The van der Waals surface area contributed by atoms with Gasteiger partial charge in [-0.3, -0.25) is 0 Å². The zero-order valence-corrected chi connectivity index (χ0v) is 7.70. The molecule has 1 unspecified atom stereocenters. The van der Waals surface area contributed by atoms with E-state index in [1.807, 2.05) is 19.2 Å². The molecule has 0 bridgehead atoms. The first-order valence-corrected chi connectivity index (χ1v) is 4.43. The number of hydrogen-bond acceptors (Lipinski definition) is 3. The average Bonchev–Trinajstić information content (AvgIpc) is 2.07. The van der Waals surface area contributed by atoms with Crippen molar-refractivity contribution in [2.45, 2.75) is 12.6 Å². The molecule has 0 aliphatic carbocycles. The van der Waals surface area contributed by atoms with Gasteiger partial charge >= 0.3 is 0 Å². The van der Waals surface area contributed by atoms with Crippen molar-refractivity contribution in [1.82, 2.24) is 4.90 Å². The van der Waals surface area contributed by atoms with Crippen molar-refractivity contribution in [1.29, 1.82) is 0 Å². The van der Waals surface area contributed by atoms with Crippen molar-refractivity contribution in [2.75, 3.05) is 13.6 Å². The lowest BCUT2D eigenvalue weighted by atomic mass is 9.96. The van der Waals surface area contributed by atoms with Crippen LogP contribution in [0.2, 0.25) is 0 Å². The van der Waals surface area contributed by atoms with Crippen LogP contribution in [0, 0.1) is 0 Å². The molecular formula is C10H14N2O. The Kier molecular flexibility index (Phi) is 1.98. The molecule has 0 saturated carbocycles. The lowest BCUT2D eigenvalue weighted by molar-refractivity contribution is 0.277. The van der Waals surface area contributed by atoms with Gasteiger partial charge in [0.1, 0.15) is 5.75 Å². The lowest BCUT2D eigenvalue weighted by Gasteiger charge is -2.30. The number of hydrogen-bond donors (Lipinski definition) is 2. The molecule has 70 valence electrons. The van der Waals surface area contributed by atoms with E-state index in [1.165, 1.54) is 0 Å². The minimum Gasteiger partial charge on any atom is -0.508 e. The van der Waals surface area contributed by atoms with Gasteiger partial charge in [-0.05, 0) is 18.7 Å². The number of benzene rings is 1. The number of phenols is 1. The number of nitrogens with two attached hydrogens (primary N) is 1. The van der Waals surface area contributed by atoms with E-state index in [0.29, 0.717) is 5.75 Å². The first-order valence-electron chi connectivity index (χ1n) is 4.43. The Balaban J connectivity index is 2.49.